The maximum absolute atomic E-state index is 12.0. The number of hydrogen-bond donors (Lipinski definition) is 3. The zero-order chi connectivity index (χ0) is 18.5. The van der Waals surface area contributed by atoms with Gasteiger partial charge in [0.2, 0.25) is 0 Å². The van der Waals surface area contributed by atoms with E-state index in [2.05, 4.69) is 20.8 Å². The van der Waals surface area contributed by atoms with Crippen molar-refractivity contribution in [2.75, 3.05) is 6.54 Å². The number of hydrogen-bond acceptors (Lipinski definition) is 3. The van der Waals surface area contributed by atoms with Gasteiger partial charge in [0.1, 0.15) is 0 Å². The maximum Gasteiger partial charge on any atom is 0.259 e. The van der Waals surface area contributed by atoms with Crippen LogP contribution in [-0.4, -0.2) is 29.6 Å². The Morgan fingerprint density at radius 3 is 2.69 bits per heavy atom. The molecule has 132 valence electrons. The Hall–Kier alpha value is -3.12. The molecule has 1 heterocycles. The molecule has 1 aromatic heterocycles. The molecule has 7 heteroatoms. The van der Waals surface area contributed by atoms with Crippen molar-refractivity contribution < 1.29 is 9.59 Å². The second-order valence-corrected chi connectivity index (χ2v) is 6.07. The van der Waals surface area contributed by atoms with E-state index in [0.29, 0.717) is 10.6 Å². The van der Waals surface area contributed by atoms with Crippen LogP contribution in [0.1, 0.15) is 21.6 Å². The normalized spacial score (nSPS) is 11.0. The third kappa shape index (κ3) is 3.92. The van der Waals surface area contributed by atoms with Crippen LogP contribution in [0.15, 0.2) is 53.6 Å². The molecule has 0 atom stereocenters. The van der Waals surface area contributed by atoms with Crippen molar-refractivity contribution in [3.8, 4) is 0 Å². The third-order valence-corrected chi connectivity index (χ3v) is 4.18. The predicted molar refractivity (Wildman–Crippen MR) is 103 cm³/mol. The number of halogens is 1. The average molecular weight is 369 g/mol. The van der Waals surface area contributed by atoms with E-state index in [1.807, 2.05) is 31.2 Å². The quantitative estimate of drug-likeness (QED) is 0.477. The van der Waals surface area contributed by atoms with Crippen molar-refractivity contribution in [1.82, 2.24) is 15.7 Å². The zero-order valence-corrected chi connectivity index (χ0v) is 14.8. The number of amides is 2. The van der Waals surface area contributed by atoms with Crippen molar-refractivity contribution in [2.24, 2.45) is 5.10 Å². The smallest absolute Gasteiger partial charge is 0.259 e. The number of benzene rings is 2. The van der Waals surface area contributed by atoms with Gasteiger partial charge >= 0.3 is 0 Å². The highest BCUT2D eigenvalue weighted by Crippen LogP contribution is 2.19. The number of carbonyl (C=O) groups excluding carboxylic acids is 2. The van der Waals surface area contributed by atoms with Gasteiger partial charge in [-0.2, -0.15) is 5.10 Å². The Morgan fingerprint density at radius 2 is 1.88 bits per heavy atom. The first kappa shape index (κ1) is 17.7. The number of aryl methyl sites for hydroxylation is 1. The average Bonchev–Trinajstić information content (AvgIpc) is 2.95. The van der Waals surface area contributed by atoms with Crippen LogP contribution in [0.25, 0.3) is 10.9 Å². The monoisotopic (exact) mass is 368 g/mol. The Kier molecular flexibility index (Phi) is 5.34. The lowest BCUT2D eigenvalue weighted by atomic mass is 10.1. The van der Waals surface area contributed by atoms with Gasteiger partial charge in [-0.3, -0.25) is 9.59 Å². The topological polar surface area (TPSA) is 86.3 Å². The van der Waals surface area contributed by atoms with Gasteiger partial charge in [0, 0.05) is 22.2 Å². The van der Waals surface area contributed by atoms with Crippen LogP contribution in [0, 0.1) is 6.92 Å². The molecule has 0 fully saturated rings. The molecular weight excluding hydrogens is 352 g/mol. The van der Waals surface area contributed by atoms with E-state index in [1.165, 1.54) is 0 Å². The van der Waals surface area contributed by atoms with E-state index in [4.69, 9.17) is 11.6 Å². The number of H-pyrrole nitrogens is 1. The number of para-hydroxylation sites is 1. The van der Waals surface area contributed by atoms with E-state index in [9.17, 15) is 9.59 Å². The zero-order valence-electron chi connectivity index (χ0n) is 14.0. The summed E-state index contributed by atoms with van der Waals surface area (Å²) in [5.74, 6) is -0.846. The van der Waals surface area contributed by atoms with Crippen molar-refractivity contribution >= 4 is 40.5 Å². The minimum atomic E-state index is -0.431. The molecule has 0 spiro atoms. The van der Waals surface area contributed by atoms with Crippen molar-refractivity contribution in [3.63, 3.8) is 0 Å². The second kappa shape index (κ2) is 7.84. The number of aromatic amines is 1. The van der Waals surface area contributed by atoms with Crippen LogP contribution in [0.5, 0.6) is 0 Å². The van der Waals surface area contributed by atoms with Gasteiger partial charge in [-0.15, -0.1) is 0 Å². The van der Waals surface area contributed by atoms with Crippen LogP contribution < -0.4 is 10.7 Å². The second-order valence-electron chi connectivity index (χ2n) is 5.66. The van der Waals surface area contributed by atoms with Crippen LogP contribution in [0.4, 0.5) is 0 Å². The molecule has 0 radical (unpaired) electrons. The number of nitrogens with zero attached hydrogens (tertiary/aromatic N) is 1. The molecule has 3 rings (SSSR count). The molecule has 3 aromatic rings. The fourth-order valence-electron chi connectivity index (χ4n) is 2.57. The first-order valence-corrected chi connectivity index (χ1v) is 8.36. The first-order valence-electron chi connectivity index (χ1n) is 7.98. The summed E-state index contributed by atoms with van der Waals surface area (Å²) in [6.07, 6.45) is 1.59. The van der Waals surface area contributed by atoms with Crippen LogP contribution in [-0.2, 0) is 4.79 Å². The highest BCUT2D eigenvalue weighted by atomic mass is 35.5. The largest absolute Gasteiger partial charge is 0.358 e. The molecule has 0 unspecified atom stereocenters. The third-order valence-electron chi connectivity index (χ3n) is 3.85. The minimum absolute atomic E-state index is 0.200. The Bertz CT molecular complexity index is 994. The molecule has 2 aromatic carbocycles. The Morgan fingerprint density at radius 1 is 1.15 bits per heavy atom. The van der Waals surface area contributed by atoms with Crippen molar-refractivity contribution in [2.45, 2.75) is 6.92 Å². The molecule has 6 nitrogen and oxygen atoms in total. The molecule has 0 saturated heterocycles. The summed E-state index contributed by atoms with van der Waals surface area (Å²) >= 11 is 5.95. The van der Waals surface area contributed by atoms with E-state index in [0.717, 1.165) is 22.2 Å². The summed E-state index contributed by atoms with van der Waals surface area (Å²) < 4.78 is 0. The molecule has 0 aliphatic carbocycles. The summed E-state index contributed by atoms with van der Waals surface area (Å²) in [5.41, 5.74) is 5.59. The highest BCUT2D eigenvalue weighted by Gasteiger charge is 2.10. The standard InChI is InChI=1S/C19H17ClN4O2/c1-12-15(13-6-3-5-9-17(13)23-12)10-22-24-18(25)11-21-19(26)14-7-2-4-8-16(14)20/h2-10,23H,11H2,1H3,(H,21,26)(H,24,25)/b22-10+. The molecule has 0 aliphatic rings. The van der Waals surface area contributed by atoms with Gasteiger partial charge in [-0.25, -0.2) is 5.43 Å². The number of aromatic nitrogens is 1. The molecule has 0 bridgehead atoms. The molecule has 0 aliphatic heterocycles. The van der Waals surface area contributed by atoms with Gasteiger partial charge in [-0.05, 0) is 25.1 Å². The van der Waals surface area contributed by atoms with Crippen LogP contribution in [0.3, 0.4) is 0 Å². The summed E-state index contributed by atoms with van der Waals surface area (Å²) in [5, 5.41) is 7.83. The summed E-state index contributed by atoms with van der Waals surface area (Å²) in [7, 11) is 0. The van der Waals surface area contributed by atoms with Crippen LogP contribution >= 0.6 is 11.6 Å². The number of hydrazone groups is 1. The number of fused-ring (bicyclic) bond motifs is 1. The molecular formula is C19H17ClN4O2. The number of carbonyl (C=O) groups is 2. The SMILES string of the molecule is Cc1[nH]c2ccccc2c1/C=N/NC(=O)CNC(=O)c1ccccc1Cl. The van der Waals surface area contributed by atoms with Gasteiger partial charge in [0.05, 0.1) is 23.3 Å². The maximum atomic E-state index is 12.0. The van der Waals surface area contributed by atoms with E-state index >= 15 is 0 Å². The van der Waals surface area contributed by atoms with E-state index < -0.39 is 11.8 Å². The molecule has 3 N–H and O–H groups in total. The fourth-order valence-corrected chi connectivity index (χ4v) is 2.80. The lowest BCUT2D eigenvalue weighted by Crippen LogP contribution is -2.35. The van der Waals surface area contributed by atoms with Gasteiger partial charge in [-0.1, -0.05) is 41.9 Å². The highest BCUT2D eigenvalue weighted by molar-refractivity contribution is 6.33. The summed E-state index contributed by atoms with van der Waals surface area (Å²) in [6, 6.07) is 14.5. The summed E-state index contributed by atoms with van der Waals surface area (Å²) in [4.78, 5) is 27.1. The molecule has 2 amide bonds. The lowest BCUT2D eigenvalue weighted by molar-refractivity contribution is -0.120. The molecule has 26 heavy (non-hydrogen) atoms. The Labute approximate surface area is 155 Å². The van der Waals surface area contributed by atoms with Crippen molar-refractivity contribution in [1.29, 1.82) is 0 Å². The molecule has 0 saturated carbocycles. The number of nitrogens with one attached hydrogen (secondary N) is 3. The minimum Gasteiger partial charge on any atom is -0.358 e. The number of rotatable bonds is 5. The van der Waals surface area contributed by atoms with Crippen molar-refractivity contribution in [3.05, 3.63) is 70.4 Å². The lowest BCUT2D eigenvalue weighted by Gasteiger charge is -2.05. The van der Waals surface area contributed by atoms with Gasteiger partial charge in [0.15, 0.2) is 0 Å². The van der Waals surface area contributed by atoms with E-state index in [1.54, 1.807) is 30.5 Å². The Balaban J connectivity index is 1.57. The summed E-state index contributed by atoms with van der Waals surface area (Å²) in [6.45, 7) is 1.74. The van der Waals surface area contributed by atoms with E-state index in [-0.39, 0.29) is 6.54 Å². The predicted octanol–water partition coefficient (Wildman–Crippen LogP) is 3.01. The van der Waals surface area contributed by atoms with Gasteiger partial charge in [0.25, 0.3) is 11.8 Å². The fraction of sp³-hybridized carbons (Fsp3) is 0.105. The first-order chi connectivity index (χ1) is 12.6. The van der Waals surface area contributed by atoms with Crippen LogP contribution in [0.2, 0.25) is 5.02 Å². The van der Waals surface area contributed by atoms with Gasteiger partial charge < -0.3 is 10.3 Å².